The highest BCUT2D eigenvalue weighted by Gasteiger charge is 2.31. The summed E-state index contributed by atoms with van der Waals surface area (Å²) in [5.41, 5.74) is 1.86. The smallest absolute Gasteiger partial charge is 0.128 e. The summed E-state index contributed by atoms with van der Waals surface area (Å²) in [6.45, 7) is 5.98. The number of morpholine rings is 1. The van der Waals surface area contributed by atoms with Crippen LogP contribution in [0.25, 0.3) is 0 Å². The molecule has 1 aliphatic heterocycles. The fraction of sp³-hybridized carbons (Fsp3) is 0.545. The minimum atomic E-state index is -0.367. The van der Waals surface area contributed by atoms with Gasteiger partial charge in [0.05, 0.1) is 25.9 Å². The predicted octanol–water partition coefficient (Wildman–Crippen LogP) is 2.33. The molecule has 1 aliphatic carbocycles. The number of β-amino-alcohol motifs (C(OH)–C–C–N with tert-alkyl or cyclic N) is 1. The van der Waals surface area contributed by atoms with Crippen LogP contribution in [0.3, 0.4) is 0 Å². The highest BCUT2D eigenvalue weighted by Crippen LogP contribution is 2.29. The molecule has 1 aromatic carbocycles. The topological polar surface area (TPSA) is 40.9 Å². The van der Waals surface area contributed by atoms with E-state index in [1.165, 1.54) is 18.9 Å². The molecule has 2 fully saturated rings. The Morgan fingerprint density at radius 1 is 1.14 bits per heavy atom. The fourth-order valence-corrected chi connectivity index (χ4v) is 3.96. The molecule has 1 N–H and O–H groups in total. The van der Waals surface area contributed by atoms with Gasteiger partial charge in [0.15, 0.2) is 0 Å². The Labute approximate surface area is 166 Å². The second-order valence-corrected chi connectivity index (χ2v) is 7.95. The molecule has 1 saturated carbocycles. The first kappa shape index (κ1) is 19.6. The highest BCUT2D eigenvalue weighted by atomic mass is 19.1. The second kappa shape index (κ2) is 9.18. The summed E-state index contributed by atoms with van der Waals surface area (Å²) in [5, 5.41) is 10.6. The van der Waals surface area contributed by atoms with Crippen molar-refractivity contribution < 1.29 is 14.2 Å². The molecule has 0 spiro atoms. The van der Waals surface area contributed by atoms with Gasteiger partial charge in [-0.15, -0.1) is 0 Å². The molecule has 28 heavy (non-hydrogen) atoms. The number of hydrogen-bond donors (Lipinski definition) is 1. The Bertz CT molecular complexity index is 756. The third kappa shape index (κ3) is 5.20. The van der Waals surface area contributed by atoms with Gasteiger partial charge >= 0.3 is 0 Å². The monoisotopic (exact) mass is 387 g/mol. The molecule has 1 aromatic heterocycles. The molecular formula is C22H30FN3O2. The Hall–Kier alpha value is -1.73. The normalized spacial score (nSPS) is 19.2. The maximum atomic E-state index is 14.0. The summed E-state index contributed by atoms with van der Waals surface area (Å²) in [7, 11) is 0. The Kier molecular flexibility index (Phi) is 6.42. The standard InChI is InChI=1S/C22H30FN3O2/c23-22-6-2-1-4-18(22)14-25-9-3-5-20(25)15-26(19-7-8-19)17-21(27)16-24-10-12-28-13-11-24/h1-6,9,19,21,27H,7-8,10-17H2/t21-/m0/s1. The van der Waals surface area contributed by atoms with Gasteiger partial charge in [-0.3, -0.25) is 9.80 Å². The van der Waals surface area contributed by atoms with Crippen LogP contribution in [0.1, 0.15) is 24.1 Å². The average Bonchev–Trinajstić information content (AvgIpc) is 3.46. The van der Waals surface area contributed by atoms with Crippen LogP contribution in [0, 0.1) is 5.82 Å². The fourth-order valence-electron chi connectivity index (χ4n) is 3.96. The molecular weight excluding hydrogens is 357 g/mol. The zero-order valence-corrected chi connectivity index (χ0v) is 16.3. The summed E-state index contributed by atoms with van der Waals surface area (Å²) >= 11 is 0. The predicted molar refractivity (Wildman–Crippen MR) is 107 cm³/mol. The third-order valence-corrected chi connectivity index (χ3v) is 5.67. The van der Waals surface area contributed by atoms with Crippen molar-refractivity contribution in [3.8, 4) is 0 Å². The molecule has 2 heterocycles. The molecule has 0 unspecified atom stereocenters. The van der Waals surface area contributed by atoms with E-state index in [0.29, 0.717) is 31.2 Å². The molecule has 4 rings (SSSR count). The summed E-state index contributed by atoms with van der Waals surface area (Å²) in [4.78, 5) is 4.67. The third-order valence-electron chi connectivity index (χ3n) is 5.67. The van der Waals surface area contributed by atoms with Crippen molar-refractivity contribution in [3.63, 3.8) is 0 Å². The van der Waals surface area contributed by atoms with Crippen molar-refractivity contribution in [3.05, 3.63) is 59.7 Å². The Morgan fingerprint density at radius 2 is 1.93 bits per heavy atom. The SMILES string of the molecule is O[C@@H](CN1CCOCC1)CN(Cc1cccn1Cc1ccccc1F)C1CC1. The maximum absolute atomic E-state index is 14.0. The van der Waals surface area contributed by atoms with Gasteiger partial charge in [0, 0.05) is 56.2 Å². The van der Waals surface area contributed by atoms with Crippen molar-refractivity contribution in [1.82, 2.24) is 14.4 Å². The highest BCUT2D eigenvalue weighted by molar-refractivity contribution is 5.19. The molecule has 5 nitrogen and oxygen atoms in total. The summed E-state index contributed by atoms with van der Waals surface area (Å²) in [6.07, 6.45) is 4.03. The van der Waals surface area contributed by atoms with E-state index < -0.39 is 0 Å². The lowest BCUT2D eigenvalue weighted by atomic mass is 10.2. The maximum Gasteiger partial charge on any atom is 0.128 e. The summed E-state index contributed by atoms with van der Waals surface area (Å²) in [6, 6.07) is 11.6. The molecule has 2 aliphatic rings. The number of hydrogen-bond acceptors (Lipinski definition) is 4. The van der Waals surface area contributed by atoms with Crippen molar-refractivity contribution >= 4 is 0 Å². The zero-order chi connectivity index (χ0) is 19.3. The van der Waals surface area contributed by atoms with E-state index >= 15 is 0 Å². The van der Waals surface area contributed by atoms with Crippen LogP contribution in [0.15, 0.2) is 42.6 Å². The number of halogens is 1. The zero-order valence-electron chi connectivity index (χ0n) is 16.3. The number of benzene rings is 1. The lowest BCUT2D eigenvalue weighted by Gasteiger charge is -2.31. The van der Waals surface area contributed by atoms with E-state index in [9.17, 15) is 9.50 Å². The van der Waals surface area contributed by atoms with Crippen LogP contribution in [0.2, 0.25) is 0 Å². The minimum Gasteiger partial charge on any atom is -0.390 e. The van der Waals surface area contributed by atoms with Gasteiger partial charge in [0.2, 0.25) is 0 Å². The minimum absolute atomic E-state index is 0.165. The van der Waals surface area contributed by atoms with Gasteiger partial charge in [0.25, 0.3) is 0 Å². The Morgan fingerprint density at radius 3 is 2.68 bits per heavy atom. The molecule has 0 amide bonds. The first-order valence-corrected chi connectivity index (χ1v) is 10.3. The van der Waals surface area contributed by atoms with Gasteiger partial charge in [0.1, 0.15) is 5.82 Å². The van der Waals surface area contributed by atoms with E-state index in [-0.39, 0.29) is 11.9 Å². The number of nitrogens with zero attached hydrogens (tertiary/aromatic N) is 3. The summed E-state index contributed by atoms with van der Waals surface area (Å²) in [5.74, 6) is -0.165. The quantitative estimate of drug-likeness (QED) is 0.717. The molecule has 152 valence electrons. The lowest BCUT2D eigenvalue weighted by Crippen LogP contribution is -2.45. The van der Waals surface area contributed by atoms with Crippen molar-refractivity contribution in [2.45, 2.75) is 38.1 Å². The molecule has 0 bridgehead atoms. The first-order chi connectivity index (χ1) is 13.7. The van der Waals surface area contributed by atoms with E-state index in [1.54, 1.807) is 6.07 Å². The van der Waals surface area contributed by atoms with E-state index in [1.807, 2.05) is 24.4 Å². The van der Waals surface area contributed by atoms with Gasteiger partial charge in [-0.2, -0.15) is 0 Å². The van der Waals surface area contributed by atoms with Gasteiger partial charge in [-0.1, -0.05) is 18.2 Å². The van der Waals surface area contributed by atoms with E-state index in [4.69, 9.17) is 4.74 Å². The van der Waals surface area contributed by atoms with Crippen LogP contribution in [-0.4, -0.2) is 71.0 Å². The van der Waals surface area contributed by atoms with E-state index in [2.05, 4.69) is 20.4 Å². The first-order valence-electron chi connectivity index (χ1n) is 10.3. The van der Waals surface area contributed by atoms with Crippen molar-refractivity contribution in [1.29, 1.82) is 0 Å². The van der Waals surface area contributed by atoms with Crippen molar-refractivity contribution in [2.75, 3.05) is 39.4 Å². The van der Waals surface area contributed by atoms with Crippen LogP contribution in [0.4, 0.5) is 4.39 Å². The van der Waals surface area contributed by atoms with Crippen LogP contribution in [-0.2, 0) is 17.8 Å². The number of aliphatic hydroxyl groups is 1. The number of aromatic nitrogens is 1. The van der Waals surface area contributed by atoms with Crippen LogP contribution in [0.5, 0.6) is 0 Å². The molecule has 6 heteroatoms. The average molecular weight is 387 g/mol. The second-order valence-electron chi connectivity index (χ2n) is 7.95. The number of rotatable bonds is 9. The van der Waals surface area contributed by atoms with Gasteiger partial charge < -0.3 is 14.4 Å². The van der Waals surface area contributed by atoms with Gasteiger partial charge in [-0.25, -0.2) is 4.39 Å². The van der Waals surface area contributed by atoms with Crippen molar-refractivity contribution in [2.24, 2.45) is 0 Å². The lowest BCUT2D eigenvalue weighted by molar-refractivity contribution is 0.00534. The molecule has 1 atom stereocenters. The van der Waals surface area contributed by atoms with Crippen LogP contribution < -0.4 is 0 Å². The van der Waals surface area contributed by atoms with E-state index in [0.717, 1.165) is 38.5 Å². The largest absolute Gasteiger partial charge is 0.390 e. The molecule has 1 saturated heterocycles. The number of aliphatic hydroxyl groups excluding tert-OH is 1. The summed E-state index contributed by atoms with van der Waals surface area (Å²) < 4.78 is 21.5. The van der Waals surface area contributed by atoms with Crippen LogP contribution >= 0.6 is 0 Å². The Balaban J connectivity index is 1.37. The van der Waals surface area contributed by atoms with Gasteiger partial charge in [-0.05, 0) is 31.0 Å². The molecule has 0 radical (unpaired) electrons. The molecule has 2 aromatic rings. The number of ether oxygens (including phenoxy) is 1.